The number of ether oxygens (including phenoxy) is 2. The molecule has 1 atom stereocenters. The van der Waals surface area contributed by atoms with Gasteiger partial charge in [-0.1, -0.05) is 6.07 Å². The first-order chi connectivity index (χ1) is 12.5. The minimum atomic E-state index is -2.69. The van der Waals surface area contributed by atoms with Crippen molar-refractivity contribution in [1.82, 2.24) is 14.5 Å². The van der Waals surface area contributed by atoms with Crippen molar-refractivity contribution < 1.29 is 23.0 Å². The van der Waals surface area contributed by atoms with Crippen LogP contribution >= 0.6 is 0 Å². The molecular weight excluding hydrogens is 344 g/mol. The van der Waals surface area contributed by atoms with Gasteiger partial charge in [-0.25, -0.2) is 4.98 Å². The summed E-state index contributed by atoms with van der Waals surface area (Å²) in [4.78, 5) is 17.8. The van der Waals surface area contributed by atoms with Crippen LogP contribution in [0.15, 0.2) is 36.7 Å². The Morgan fingerprint density at radius 2 is 2.35 bits per heavy atom. The molecule has 3 rings (SSSR count). The Hall–Kier alpha value is -2.48. The highest BCUT2D eigenvalue weighted by Gasteiger charge is 2.19. The van der Waals surface area contributed by atoms with Crippen molar-refractivity contribution in [3.8, 4) is 5.75 Å². The van der Waals surface area contributed by atoms with E-state index in [4.69, 9.17) is 9.47 Å². The minimum absolute atomic E-state index is 0.0167. The van der Waals surface area contributed by atoms with Crippen molar-refractivity contribution in [3.05, 3.63) is 48.0 Å². The average Bonchev–Trinajstić information content (AvgIpc) is 3.31. The van der Waals surface area contributed by atoms with Gasteiger partial charge in [0.25, 0.3) is 5.91 Å². The normalized spacial score (nSPS) is 16.8. The number of nitrogens with zero attached hydrogens (tertiary/aromatic N) is 3. The van der Waals surface area contributed by atoms with Gasteiger partial charge in [0.15, 0.2) is 0 Å². The third-order valence-electron chi connectivity index (χ3n) is 4.23. The molecule has 140 valence electrons. The molecule has 26 heavy (non-hydrogen) atoms. The first-order valence-corrected chi connectivity index (χ1v) is 8.44. The summed E-state index contributed by atoms with van der Waals surface area (Å²) < 4.78 is 37.7. The molecule has 1 aliphatic heterocycles. The highest BCUT2D eigenvalue weighted by atomic mass is 19.3. The predicted octanol–water partition coefficient (Wildman–Crippen LogP) is 3.11. The SMILES string of the molecule is CN(Cc1nccn1C(F)F)C(=O)c1cccc(OCC2CCCO2)c1. The lowest BCUT2D eigenvalue weighted by Crippen LogP contribution is -2.28. The summed E-state index contributed by atoms with van der Waals surface area (Å²) in [6, 6.07) is 6.81. The van der Waals surface area contributed by atoms with Crippen LogP contribution in [-0.2, 0) is 11.3 Å². The number of alkyl halides is 2. The Kier molecular flexibility index (Phi) is 5.82. The monoisotopic (exact) mass is 365 g/mol. The number of imidazole rings is 1. The van der Waals surface area contributed by atoms with E-state index in [0.29, 0.717) is 17.9 Å². The maximum Gasteiger partial charge on any atom is 0.319 e. The van der Waals surface area contributed by atoms with E-state index >= 15 is 0 Å². The Morgan fingerprint density at radius 3 is 3.08 bits per heavy atom. The van der Waals surface area contributed by atoms with Crippen LogP contribution in [0, 0.1) is 0 Å². The molecule has 1 aromatic heterocycles. The van der Waals surface area contributed by atoms with E-state index in [-0.39, 0.29) is 24.4 Å². The van der Waals surface area contributed by atoms with Crippen LogP contribution in [0.2, 0.25) is 0 Å². The summed E-state index contributed by atoms with van der Waals surface area (Å²) in [5.74, 6) is 0.409. The topological polar surface area (TPSA) is 56.6 Å². The molecule has 1 fully saturated rings. The molecule has 1 unspecified atom stereocenters. The third kappa shape index (κ3) is 4.37. The van der Waals surface area contributed by atoms with Crippen LogP contribution < -0.4 is 4.74 Å². The Bertz CT molecular complexity index is 745. The van der Waals surface area contributed by atoms with Gasteiger partial charge in [0.2, 0.25) is 0 Å². The number of halogens is 2. The minimum Gasteiger partial charge on any atom is -0.491 e. The van der Waals surface area contributed by atoms with Gasteiger partial charge in [-0.3, -0.25) is 9.36 Å². The van der Waals surface area contributed by atoms with E-state index in [9.17, 15) is 13.6 Å². The van der Waals surface area contributed by atoms with Gasteiger partial charge in [-0.05, 0) is 31.0 Å². The van der Waals surface area contributed by atoms with Gasteiger partial charge in [-0.15, -0.1) is 0 Å². The van der Waals surface area contributed by atoms with Crippen molar-refractivity contribution in [2.75, 3.05) is 20.3 Å². The summed E-state index contributed by atoms with van der Waals surface area (Å²) in [5.41, 5.74) is 0.424. The maximum atomic E-state index is 12.9. The first-order valence-electron chi connectivity index (χ1n) is 8.44. The van der Waals surface area contributed by atoms with Crippen LogP contribution in [0.4, 0.5) is 8.78 Å². The highest BCUT2D eigenvalue weighted by Crippen LogP contribution is 2.19. The molecule has 6 nitrogen and oxygen atoms in total. The number of benzene rings is 1. The zero-order valence-electron chi connectivity index (χ0n) is 14.5. The zero-order chi connectivity index (χ0) is 18.5. The molecule has 1 aliphatic rings. The summed E-state index contributed by atoms with van der Waals surface area (Å²) in [7, 11) is 1.55. The van der Waals surface area contributed by atoms with Crippen LogP contribution in [0.25, 0.3) is 0 Å². The fourth-order valence-electron chi connectivity index (χ4n) is 2.83. The van der Waals surface area contributed by atoms with E-state index in [1.54, 1.807) is 31.3 Å². The van der Waals surface area contributed by atoms with Crippen LogP contribution in [0.5, 0.6) is 5.75 Å². The second-order valence-corrected chi connectivity index (χ2v) is 6.16. The fourth-order valence-corrected chi connectivity index (χ4v) is 2.83. The highest BCUT2D eigenvalue weighted by molar-refractivity contribution is 5.94. The van der Waals surface area contributed by atoms with Gasteiger partial charge in [-0.2, -0.15) is 8.78 Å². The average molecular weight is 365 g/mol. The summed E-state index contributed by atoms with van der Waals surface area (Å²) in [6.07, 6.45) is 4.58. The Labute approximate surface area is 150 Å². The summed E-state index contributed by atoms with van der Waals surface area (Å²) in [5, 5.41) is 0. The van der Waals surface area contributed by atoms with Gasteiger partial charge < -0.3 is 14.4 Å². The van der Waals surface area contributed by atoms with Crippen LogP contribution in [-0.4, -0.2) is 46.7 Å². The van der Waals surface area contributed by atoms with E-state index in [1.165, 1.54) is 17.3 Å². The number of rotatable bonds is 7. The lowest BCUT2D eigenvalue weighted by atomic mass is 10.2. The second kappa shape index (κ2) is 8.27. The molecule has 1 aromatic carbocycles. The number of aromatic nitrogens is 2. The molecule has 0 aliphatic carbocycles. The molecule has 1 saturated heterocycles. The standard InChI is InChI=1S/C18H21F2N3O3/c1-22(11-16-21-7-8-23(16)18(19)20)17(24)13-4-2-5-14(10-13)26-12-15-6-3-9-25-15/h2,4-5,7-8,10,15,18H,3,6,9,11-12H2,1H3. The van der Waals surface area contributed by atoms with E-state index in [2.05, 4.69) is 4.98 Å². The number of hydrogen-bond donors (Lipinski definition) is 0. The zero-order valence-corrected chi connectivity index (χ0v) is 14.5. The Balaban J connectivity index is 1.62. The van der Waals surface area contributed by atoms with Crippen LogP contribution in [0.3, 0.4) is 0 Å². The number of carbonyl (C=O) groups excluding carboxylic acids is 1. The molecule has 0 radical (unpaired) electrons. The van der Waals surface area contributed by atoms with E-state index < -0.39 is 6.55 Å². The largest absolute Gasteiger partial charge is 0.491 e. The number of hydrogen-bond acceptors (Lipinski definition) is 4. The number of amides is 1. The quantitative estimate of drug-likeness (QED) is 0.757. The molecule has 2 heterocycles. The van der Waals surface area contributed by atoms with E-state index in [0.717, 1.165) is 24.0 Å². The smallest absolute Gasteiger partial charge is 0.319 e. The van der Waals surface area contributed by atoms with Crippen molar-refractivity contribution in [2.24, 2.45) is 0 Å². The molecule has 0 saturated carbocycles. The Morgan fingerprint density at radius 1 is 1.50 bits per heavy atom. The molecule has 8 heteroatoms. The molecule has 1 amide bonds. The molecule has 2 aromatic rings. The van der Waals surface area contributed by atoms with E-state index in [1.807, 2.05) is 0 Å². The van der Waals surface area contributed by atoms with Crippen molar-refractivity contribution in [2.45, 2.75) is 32.0 Å². The van der Waals surface area contributed by atoms with Crippen molar-refractivity contribution >= 4 is 5.91 Å². The lowest BCUT2D eigenvalue weighted by Gasteiger charge is -2.18. The lowest BCUT2D eigenvalue weighted by molar-refractivity contribution is 0.0611. The molecule has 0 spiro atoms. The molecular formula is C18H21F2N3O3. The van der Waals surface area contributed by atoms with Gasteiger partial charge in [0, 0.05) is 31.6 Å². The second-order valence-electron chi connectivity index (χ2n) is 6.16. The maximum absolute atomic E-state index is 12.9. The van der Waals surface area contributed by atoms with Gasteiger partial charge in [0.1, 0.15) is 18.2 Å². The number of carbonyl (C=O) groups is 1. The molecule has 0 N–H and O–H groups in total. The fraction of sp³-hybridized carbons (Fsp3) is 0.444. The van der Waals surface area contributed by atoms with Gasteiger partial charge in [0.05, 0.1) is 12.6 Å². The third-order valence-corrected chi connectivity index (χ3v) is 4.23. The first kappa shape index (κ1) is 18.3. The van der Waals surface area contributed by atoms with Crippen molar-refractivity contribution in [1.29, 1.82) is 0 Å². The summed E-state index contributed by atoms with van der Waals surface area (Å²) in [6.45, 7) is -1.51. The summed E-state index contributed by atoms with van der Waals surface area (Å²) >= 11 is 0. The molecule has 0 bridgehead atoms. The van der Waals surface area contributed by atoms with Crippen molar-refractivity contribution in [3.63, 3.8) is 0 Å². The predicted molar refractivity (Wildman–Crippen MR) is 90.2 cm³/mol. The van der Waals surface area contributed by atoms with Gasteiger partial charge >= 0.3 is 6.55 Å². The van der Waals surface area contributed by atoms with Crippen LogP contribution in [0.1, 0.15) is 35.6 Å².